The number of anilines is 3. The van der Waals surface area contributed by atoms with Gasteiger partial charge in [0.25, 0.3) is 11.5 Å². The van der Waals surface area contributed by atoms with E-state index in [2.05, 4.69) is 27.5 Å². The number of carbonyl (C=O) groups is 2. The SMILES string of the molecule is C#CCNC(=O)C(C#N)=c1sc(=CNc2cccc(N(C)C(=O)CN3CCc4ccccc43)c2)c(=O)n1CC. The van der Waals surface area contributed by atoms with Crippen molar-refractivity contribution in [2.75, 3.05) is 41.8 Å². The van der Waals surface area contributed by atoms with E-state index in [-0.39, 0.29) is 41.3 Å². The van der Waals surface area contributed by atoms with Gasteiger partial charge < -0.3 is 20.4 Å². The first kappa shape index (κ1) is 27.2. The highest BCUT2D eigenvalue weighted by Gasteiger charge is 2.22. The first-order chi connectivity index (χ1) is 18.9. The van der Waals surface area contributed by atoms with Crippen molar-refractivity contribution < 1.29 is 9.59 Å². The van der Waals surface area contributed by atoms with Crippen molar-refractivity contribution in [1.29, 1.82) is 5.26 Å². The van der Waals surface area contributed by atoms with Gasteiger partial charge in [-0.1, -0.05) is 30.2 Å². The van der Waals surface area contributed by atoms with Crippen LogP contribution in [0.25, 0.3) is 11.8 Å². The van der Waals surface area contributed by atoms with E-state index in [9.17, 15) is 19.6 Å². The molecule has 4 rings (SSSR count). The first-order valence-corrected chi connectivity index (χ1v) is 13.2. The van der Waals surface area contributed by atoms with Crippen molar-refractivity contribution in [3.8, 4) is 18.4 Å². The average Bonchev–Trinajstić information content (AvgIpc) is 3.50. The van der Waals surface area contributed by atoms with Crippen LogP contribution in [0.2, 0.25) is 0 Å². The molecule has 2 heterocycles. The van der Waals surface area contributed by atoms with Gasteiger partial charge in [0.15, 0.2) is 5.57 Å². The molecule has 39 heavy (non-hydrogen) atoms. The normalized spacial score (nSPS) is 13.2. The second-order valence-corrected chi connectivity index (χ2v) is 9.82. The Bertz CT molecular complexity index is 1670. The molecule has 0 bridgehead atoms. The molecule has 3 aromatic rings. The number of aromatic nitrogens is 1. The molecule has 10 heteroatoms. The minimum Gasteiger partial charge on any atom is -0.362 e. The summed E-state index contributed by atoms with van der Waals surface area (Å²) in [7, 11) is 1.74. The standard InChI is InChI=1S/C29H28N6O3S/c1-4-14-31-27(37)23(17-30)29-35(5-2)28(38)25(39-29)18-32-21-10-8-11-22(16-21)33(3)26(36)19-34-15-13-20-9-6-7-12-24(20)34/h1,6-12,16,18,32H,5,13-15,19H2,2-3H3,(H,31,37). The van der Waals surface area contributed by atoms with Crippen LogP contribution in [0.5, 0.6) is 0 Å². The number of rotatable bonds is 8. The zero-order valence-corrected chi connectivity index (χ0v) is 22.5. The summed E-state index contributed by atoms with van der Waals surface area (Å²) in [6.07, 6.45) is 7.66. The molecule has 2 N–H and O–H groups in total. The van der Waals surface area contributed by atoms with Crippen LogP contribution in [0.3, 0.4) is 0 Å². The number of para-hydroxylation sites is 1. The minimum absolute atomic E-state index is 0.0229. The third-order valence-corrected chi connectivity index (χ3v) is 7.54. The summed E-state index contributed by atoms with van der Waals surface area (Å²) < 4.78 is 1.97. The average molecular weight is 541 g/mol. The van der Waals surface area contributed by atoms with Crippen molar-refractivity contribution in [3.05, 3.63) is 73.6 Å². The molecule has 0 radical (unpaired) electrons. The van der Waals surface area contributed by atoms with Crippen LogP contribution < -0.4 is 35.2 Å². The zero-order chi connectivity index (χ0) is 27.9. The number of benzene rings is 2. The number of thiazole rings is 1. The number of likely N-dealkylation sites (N-methyl/N-ethyl adjacent to an activating group) is 1. The van der Waals surface area contributed by atoms with E-state index < -0.39 is 5.91 Å². The molecular weight excluding hydrogens is 512 g/mol. The lowest BCUT2D eigenvalue weighted by atomic mass is 10.2. The van der Waals surface area contributed by atoms with E-state index >= 15 is 0 Å². The lowest BCUT2D eigenvalue weighted by molar-refractivity contribution is -0.117. The Morgan fingerprint density at radius 2 is 2.03 bits per heavy atom. The van der Waals surface area contributed by atoms with Crippen LogP contribution in [-0.4, -0.2) is 43.1 Å². The van der Waals surface area contributed by atoms with Gasteiger partial charge in [0, 0.05) is 43.4 Å². The summed E-state index contributed by atoms with van der Waals surface area (Å²) in [6, 6.07) is 17.3. The van der Waals surface area contributed by atoms with Crippen molar-refractivity contribution >= 4 is 52.0 Å². The molecule has 1 aliphatic heterocycles. The number of terminal acetylenes is 1. The fourth-order valence-corrected chi connectivity index (χ4v) is 5.43. The maximum atomic E-state index is 13.1. The fourth-order valence-electron chi connectivity index (χ4n) is 4.35. The summed E-state index contributed by atoms with van der Waals surface area (Å²) in [4.78, 5) is 42.1. The first-order valence-electron chi connectivity index (χ1n) is 12.4. The Morgan fingerprint density at radius 1 is 1.23 bits per heavy atom. The number of nitrogens with one attached hydrogen (secondary N) is 2. The van der Waals surface area contributed by atoms with Crippen molar-refractivity contribution in [1.82, 2.24) is 9.88 Å². The molecular formula is C29H28N6O3S. The number of amides is 2. The largest absolute Gasteiger partial charge is 0.362 e. The maximum absolute atomic E-state index is 13.1. The summed E-state index contributed by atoms with van der Waals surface area (Å²) in [5.74, 6) is 1.62. The number of carbonyl (C=O) groups excluding carboxylic acids is 2. The molecule has 9 nitrogen and oxygen atoms in total. The van der Waals surface area contributed by atoms with E-state index in [1.807, 2.05) is 48.5 Å². The van der Waals surface area contributed by atoms with E-state index in [0.29, 0.717) is 15.9 Å². The molecule has 0 aliphatic carbocycles. The molecule has 0 fully saturated rings. The fraction of sp³-hybridized carbons (Fsp3) is 0.241. The lowest BCUT2D eigenvalue weighted by Crippen LogP contribution is -2.37. The molecule has 0 saturated carbocycles. The molecule has 0 unspecified atom stereocenters. The van der Waals surface area contributed by atoms with Crippen LogP contribution in [0.15, 0.2) is 53.3 Å². The van der Waals surface area contributed by atoms with Gasteiger partial charge in [-0.15, -0.1) is 17.8 Å². The van der Waals surface area contributed by atoms with Crippen molar-refractivity contribution in [2.24, 2.45) is 0 Å². The third-order valence-electron chi connectivity index (χ3n) is 6.41. The van der Waals surface area contributed by atoms with Crippen LogP contribution in [-0.2, 0) is 22.6 Å². The predicted molar refractivity (Wildman–Crippen MR) is 155 cm³/mol. The van der Waals surface area contributed by atoms with Gasteiger partial charge in [0.05, 0.1) is 13.1 Å². The molecule has 198 valence electrons. The Balaban J connectivity index is 1.55. The maximum Gasteiger partial charge on any atom is 0.270 e. The number of hydrogen-bond donors (Lipinski definition) is 2. The number of nitrogens with zero attached hydrogens (tertiary/aromatic N) is 4. The van der Waals surface area contributed by atoms with E-state index in [4.69, 9.17) is 6.42 Å². The van der Waals surface area contributed by atoms with Gasteiger partial charge in [-0.3, -0.25) is 19.0 Å². The van der Waals surface area contributed by atoms with E-state index in [1.165, 1.54) is 10.1 Å². The quantitative estimate of drug-likeness (QED) is 0.416. The minimum atomic E-state index is -0.628. The monoisotopic (exact) mass is 540 g/mol. The van der Waals surface area contributed by atoms with Gasteiger partial charge >= 0.3 is 0 Å². The molecule has 0 saturated heterocycles. The molecule has 2 amide bonds. The van der Waals surface area contributed by atoms with Crippen LogP contribution >= 0.6 is 11.3 Å². The van der Waals surface area contributed by atoms with Crippen LogP contribution in [0.1, 0.15) is 12.5 Å². The second kappa shape index (κ2) is 12.2. The molecule has 0 spiro atoms. The van der Waals surface area contributed by atoms with Crippen LogP contribution in [0, 0.1) is 23.7 Å². The van der Waals surface area contributed by atoms with Gasteiger partial charge in [0.2, 0.25) is 5.91 Å². The molecule has 2 aromatic carbocycles. The molecule has 1 aliphatic rings. The Hall–Kier alpha value is -4.80. The van der Waals surface area contributed by atoms with Crippen molar-refractivity contribution in [3.63, 3.8) is 0 Å². The van der Waals surface area contributed by atoms with E-state index in [1.54, 1.807) is 25.1 Å². The number of nitriles is 1. The Kier molecular flexibility index (Phi) is 8.50. The van der Waals surface area contributed by atoms with E-state index in [0.717, 1.165) is 30.0 Å². The van der Waals surface area contributed by atoms with Crippen LogP contribution in [0.4, 0.5) is 17.1 Å². The highest BCUT2D eigenvalue weighted by molar-refractivity contribution is 7.07. The summed E-state index contributed by atoms with van der Waals surface area (Å²) in [5.41, 5.74) is 3.23. The van der Waals surface area contributed by atoms with Crippen molar-refractivity contribution in [2.45, 2.75) is 19.9 Å². The van der Waals surface area contributed by atoms with Gasteiger partial charge in [-0.05, 0) is 43.2 Å². The Labute approximate surface area is 230 Å². The highest BCUT2D eigenvalue weighted by atomic mass is 32.1. The summed E-state index contributed by atoms with van der Waals surface area (Å²) in [5, 5.41) is 15.2. The van der Waals surface area contributed by atoms with Gasteiger partial charge in [0.1, 0.15) is 15.3 Å². The lowest BCUT2D eigenvalue weighted by Gasteiger charge is -2.24. The summed E-state index contributed by atoms with van der Waals surface area (Å²) in [6.45, 7) is 3.11. The second-order valence-electron chi connectivity index (χ2n) is 8.79. The van der Waals surface area contributed by atoms with Gasteiger partial charge in [-0.2, -0.15) is 5.26 Å². The summed E-state index contributed by atoms with van der Waals surface area (Å²) >= 11 is 1.04. The smallest absolute Gasteiger partial charge is 0.270 e. The Morgan fingerprint density at radius 3 is 2.77 bits per heavy atom. The highest BCUT2D eigenvalue weighted by Crippen LogP contribution is 2.27. The topological polar surface area (TPSA) is 110 Å². The number of fused-ring (bicyclic) bond motifs is 1. The number of hydrogen-bond acceptors (Lipinski definition) is 7. The third kappa shape index (κ3) is 5.87. The van der Waals surface area contributed by atoms with Gasteiger partial charge in [-0.25, -0.2) is 0 Å². The molecule has 0 atom stereocenters. The molecule has 1 aromatic heterocycles. The predicted octanol–water partition coefficient (Wildman–Crippen LogP) is 1.23. The zero-order valence-electron chi connectivity index (χ0n) is 21.7.